The number of H-pyrrole nitrogens is 1. The number of nitrogens with zero attached hydrogens (tertiary/aromatic N) is 5. The van der Waals surface area contributed by atoms with Gasteiger partial charge >= 0.3 is 0 Å². The van der Waals surface area contributed by atoms with E-state index in [0.717, 1.165) is 16.8 Å². The molecule has 5 rings (SSSR count). The molecule has 0 unspecified atom stereocenters. The second-order valence-corrected chi connectivity index (χ2v) is 7.49. The number of nitrogens with one attached hydrogen (secondary N) is 2. The maximum Gasteiger partial charge on any atom is 0.258 e. The molecule has 0 saturated carbocycles. The van der Waals surface area contributed by atoms with Crippen molar-refractivity contribution in [1.82, 2.24) is 29.9 Å². The van der Waals surface area contributed by atoms with Gasteiger partial charge in [0.2, 0.25) is 5.95 Å². The van der Waals surface area contributed by atoms with Gasteiger partial charge in [0.15, 0.2) is 11.5 Å². The van der Waals surface area contributed by atoms with Gasteiger partial charge in [0.05, 0.1) is 35.0 Å². The number of pyridine rings is 1. The summed E-state index contributed by atoms with van der Waals surface area (Å²) in [6.45, 7) is 1.86. The molecule has 2 aromatic carbocycles. The molecule has 0 fully saturated rings. The first-order valence-electron chi connectivity index (χ1n) is 10.3. The van der Waals surface area contributed by atoms with Crippen LogP contribution >= 0.6 is 0 Å². The summed E-state index contributed by atoms with van der Waals surface area (Å²) in [5.41, 5.74) is 4.13. The molecule has 1 amide bonds. The lowest BCUT2D eigenvalue weighted by Gasteiger charge is -2.08. The second-order valence-electron chi connectivity index (χ2n) is 7.49. The summed E-state index contributed by atoms with van der Waals surface area (Å²) in [6.07, 6.45) is 0. The third-order valence-corrected chi connectivity index (χ3v) is 5.36. The van der Waals surface area contributed by atoms with Crippen LogP contribution in [0.5, 0.6) is 5.75 Å². The van der Waals surface area contributed by atoms with E-state index in [0.29, 0.717) is 33.9 Å². The lowest BCUT2D eigenvalue weighted by molar-refractivity contribution is 0.102. The van der Waals surface area contributed by atoms with Gasteiger partial charge in [-0.3, -0.25) is 19.9 Å². The van der Waals surface area contributed by atoms with E-state index >= 15 is 0 Å². The molecule has 3 heterocycles. The van der Waals surface area contributed by atoms with Crippen LogP contribution < -0.4 is 10.1 Å². The number of anilines is 1. The highest BCUT2D eigenvalue weighted by molar-refractivity contribution is 6.12. The van der Waals surface area contributed by atoms with Gasteiger partial charge in [0.25, 0.3) is 5.91 Å². The summed E-state index contributed by atoms with van der Waals surface area (Å²) in [6, 6.07) is 18.9. The molecule has 164 valence electrons. The van der Waals surface area contributed by atoms with Gasteiger partial charge in [-0.15, -0.1) is 5.10 Å². The van der Waals surface area contributed by atoms with E-state index in [1.807, 2.05) is 68.6 Å². The van der Waals surface area contributed by atoms with Crippen molar-refractivity contribution >= 4 is 22.9 Å². The van der Waals surface area contributed by atoms with E-state index in [4.69, 9.17) is 9.72 Å². The van der Waals surface area contributed by atoms with Crippen LogP contribution in [0.25, 0.3) is 33.7 Å². The first kappa shape index (κ1) is 20.4. The topological polar surface area (TPSA) is 111 Å². The number of aryl methyl sites for hydroxylation is 2. The highest BCUT2D eigenvalue weighted by atomic mass is 16.5. The average Bonchev–Trinajstić information content (AvgIpc) is 3.42. The number of rotatable bonds is 5. The van der Waals surface area contributed by atoms with Crippen LogP contribution in [0.3, 0.4) is 0 Å². The summed E-state index contributed by atoms with van der Waals surface area (Å²) in [5, 5.41) is 15.0. The second kappa shape index (κ2) is 8.19. The fourth-order valence-corrected chi connectivity index (χ4v) is 3.83. The van der Waals surface area contributed by atoms with E-state index in [1.54, 1.807) is 17.9 Å². The lowest BCUT2D eigenvalue weighted by Crippen LogP contribution is -2.14. The van der Waals surface area contributed by atoms with Crippen molar-refractivity contribution in [2.45, 2.75) is 6.92 Å². The Labute approximate surface area is 189 Å². The van der Waals surface area contributed by atoms with Gasteiger partial charge in [-0.1, -0.05) is 42.5 Å². The largest absolute Gasteiger partial charge is 0.496 e. The van der Waals surface area contributed by atoms with Crippen molar-refractivity contribution in [3.8, 4) is 28.4 Å². The van der Waals surface area contributed by atoms with Crippen LogP contribution in [0.1, 0.15) is 16.1 Å². The van der Waals surface area contributed by atoms with Gasteiger partial charge in [0, 0.05) is 12.6 Å². The molecule has 0 atom stereocenters. The SMILES string of the molecule is COc1ccccc1-c1nc(NC(=O)c2cc(-c3ccccc3)nc3c2c(C)nn3C)n[nH]1. The molecular weight excluding hydrogens is 418 g/mol. The number of para-hydroxylation sites is 1. The van der Waals surface area contributed by atoms with Gasteiger partial charge in [-0.05, 0) is 25.1 Å². The zero-order valence-electron chi connectivity index (χ0n) is 18.3. The molecule has 3 aromatic heterocycles. The molecule has 0 radical (unpaired) electrons. The van der Waals surface area contributed by atoms with Crippen LogP contribution in [0.15, 0.2) is 60.7 Å². The maximum absolute atomic E-state index is 13.3. The first-order chi connectivity index (χ1) is 16.0. The van der Waals surface area contributed by atoms with Crippen LogP contribution in [0.2, 0.25) is 0 Å². The molecule has 9 nitrogen and oxygen atoms in total. The van der Waals surface area contributed by atoms with Crippen molar-refractivity contribution in [1.29, 1.82) is 0 Å². The third kappa shape index (κ3) is 3.69. The Kier molecular flexibility index (Phi) is 5.06. The van der Waals surface area contributed by atoms with E-state index < -0.39 is 0 Å². The van der Waals surface area contributed by atoms with Crippen molar-refractivity contribution in [2.24, 2.45) is 7.05 Å². The number of fused-ring (bicyclic) bond motifs is 1. The lowest BCUT2D eigenvalue weighted by atomic mass is 10.1. The zero-order chi connectivity index (χ0) is 22.9. The molecule has 9 heteroatoms. The van der Waals surface area contributed by atoms with Crippen molar-refractivity contribution in [2.75, 3.05) is 12.4 Å². The average molecular weight is 439 g/mol. The minimum absolute atomic E-state index is 0.161. The van der Waals surface area contributed by atoms with Crippen LogP contribution in [0.4, 0.5) is 5.95 Å². The predicted molar refractivity (Wildman–Crippen MR) is 125 cm³/mol. The van der Waals surface area contributed by atoms with Crippen LogP contribution in [0, 0.1) is 6.92 Å². The Morgan fingerprint density at radius 2 is 1.82 bits per heavy atom. The van der Waals surface area contributed by atoms with Gasteiger partial charge in [0.1, 0.15) is 5.75 Å². The summed E-state index contributed by atoms with van der Waals surface area (Å²) in [7, 11) is 3.40. The minimum atomic E-state index is -0.346. The number of methoxy groups -OCH3 is 1. The number of ether oxygens (including phenoxy) is 1. The third-order valence-electron chi connectivity index (χ3n) is 5.36. The van der Waals surface area contributed by atoms with Crippen LogP contribution in [-0.4, -0.2) is 43.0 Å². The standard InChI is InChI=1S/C24H21N7O2/c1-14-20-17(13-18(15-9-5-4-6-10-15)25-22(20)31(2)30-14)23(32)27-24-26-21(28-29-24)16-11-7-8-12-19(16)33-3/h4-13H,1-3H3,(H2,26,27,28,29,32). The molecule has 0 bridgehead atoms. The molecule has 0 spiro atoms. The molecular formula is C24H21N7O2. The Bertz CT molecular complexity index is 1470. The first-order valence-corrected chi connectivity index (χ1v) is 10.3. The highest BCUT2D eigenvalue weighted by Crippen LogP contribution is 2.29. The predicted octanol–water partition coefficient (Wildman–Crippen LogP) is 3.99. The summed E-state index contributed by atoms with van der Waals surface area (Å²) in [5.74, 6) is 0.959. The van der Waals surface area contributed by atoms with Gasteiger partial charge < -0.3 is 4.74 Å². The zero-order valence-corrected chi connectivity index (χ0v) is 18.3. The van der Waals surface area contributed by atoms with E-state index in [2.05, 4.69) is 25.6 Å². The minimum Gasteiger partial charge on any atom is -0.496 e. The van der Waals surface area contributed by atoms with E-state index in [-0.39, 0.29) is 11.9 Å². The Hall–Kier alpha value is -4.53. The monoisotopic (exact) mass is 439 g/mol. The van der Waals surface area contributed by atoms with Gasteiger partial charge in [-0.25, -0.2) is 4.98 Å². The fraction of sp³-hybridized carbons (Fsp3) is 0.125. The molecule has 33 heavy (non-hydrogen) atoms. The number of amides is 1. The van der Waals surface area contributed by atoms with E-state index in [9.17, 15) is 4.79 Å². The van der Waals surface area contributed by atoms with Crippen molar-refractivity contribution in [3.05, 3.63) is 71.9 Å². The summed E-state index contributed by atoms with van der Waals surface area (Å²) in [4.78, 5) is 22.5. The maximum atomic E-state index is 13.3. The Balaban J connectivity index is 1.53. The molecule has 0 aliphatic rings. The summed E-state index contributed by atoms with van der Waals surface area (Å²) >= 11 is 0. The molecule has 0 aliphatic heterocycles. The number of carbonyl (C=O) groups excluding carboxylic acids is 1. The van der Waals surface area contributed by atoms with Crippen molar-refractivity contribution < 1.29 is 9.53 Å². The molecule has 0 aliphatic carbocycles. The van der Waals surface area contributed by atoms with Crippen LogP contribution in [-0.2, 0) is 7.05 Å². The number of hydrogen-bond donors (Lipinski definition) is 2. The van der Waals surface area contributed by atoms with E-state index in [1.165, 1.54) is 0 Å². The highest BCUT2D eigenvalue weighted by Gasteiger charge is 2.21. The number of benzene rings is 2. The molecule has 5 aromatic rings. The number of aromatic amines is 1. The normalized spacial score (nSPS) is 11.0. The number of aromatic nitrogens is 6. The van der Waals surface area contributed by atoms with Gasteiger partial charge in [-0.2, -0.15) is 10.1 Å². The summed E-state index contributed by atoms with van der Waals surface area (Å²) < 4.78 is 7.07. The number of carbonyl (C=O) groups is 1. The number of hydrogen-bond acceptors (Lipinski definition) is 6. The Morgan fingerprint density at radius 3 is 2.61 bits per heavy atom. The van der Waals surface area contributed by atoms with Crippen molar-refractivity contribution in [3.63, 3.8) is 0 Å². The Morgan fingerprint density at radius 1 is 1.06 bits per heavy atom. The molecule has 2 N–H and O–H groups in total. The quantitative estimate of drug-likeness (QED) is 0.428. The smallest absolute Gasteiger partial charge is 0.258 e. The molecule has 0 saturated heterocycles. The fourth-order valence-electron chi connectivity index (χ4n) is 3.83.